The quantitative estimate of drug-likeness (QED) is 0.720. The first-order valence-electron chi connectivity index (χ1n) is 7.98. The first-order chi connectivity index (χ1) is 11.0. The summed E-state index contributed by atoms with van der Waals surface area (Å²) in [5, 5.41) is 6.35. The van der Waals surface area contributed by atoms with Crippen molar-refractivity contribution in [3.05, 3.63) is 42.4 Å². The lowest BCUT2D eigenvalue weighted by Gasteiger charge is -2.47. The Bertz CT molecular complexity index is 844. The molecule has 5 heteroatoms. The highest BCUT2D eigenvalue weighted by molar-refractivity contribution is 5.92. The molecule has 1 fully saturated rings. The van der Waals surface area contributed by atoms with E-state index in [9.17, 15) is 0 Å². The van der Waals surface area contributed by atoms with Crippen LogP contribution in [0.1, 0.15) is 39.1 Å². The number of aromatic nitrogens is 3. The Kier molecular flexibility index (Phi) is 3.20. The molecule has 3 aromatic rings. The van der Waals surface area contributed by atoms with Gasteiger partial charge in [-0.1, -0.05) is 29.4 Å². The zero-order valence-electron chi connectivity index (χ0n) is 13.7. The van der Waals surface area contributed by atoms with E-state index in [2.05, 4.69) is 46.9 Å². The second-order valence-corrected chi connectivity index (χ2v) is 7.01. The van der Waals surface area contributed by atoms with Crippen LogP contribution < -0.4 is 0 Å². The number of pyridine rings is 1. The summed E-state index contributed by atoms with van der Waals surface area (Å²) in [6.07, 6.45) is 2.85. The highest BCUT2D eigenvalue weighted by Gasteiger charge is 2.40. The third-order valence-electron chi connectivity index (χ3n) is 4.49. The summed E-state index contributed by atoms with van der Waals surface area (Å²) in [6, 6.07) is 10.3. The second-order valence-electron chi connectivity index (χ2n) is 7.01. The molecule has 1 atom stereocenters. The molecule has 1 aromatic carbocycles. The van der Waals surface area contributed by atoms with E-state index in [1.165, 1.54) is 0 Å². The summed E-state index contributed by atoms with van der Waals surface area (Å²) in [4.78, 5) is 11.5. The van der Waals surface area contributed by atoms with Gasteiger partial charge in [0.2, 0.25) is 11.7 Å². The van der Waals surface area contributed by atoms with E-state index < -0.39 is 0 Å². The average molecular weight is 308 g/mol. The van der Waals surface area contributed by atoms with Gasteiger partial charge in [-0.25, -0.2) is 0 Å². The van der Waals surface area contributed by atoms with Crippen LogP contribution in [0.25, 0.3) is 22.3 Å². The van der Waals surface area contributed by atoms with E-state index in [0.29, 0.717) is 11.7 Å². The number of benzene rings is 1. The number of fused-ring (bicyclic) bond motifs is 1. The molecule has 0 bridgehead atoms. The van der Waals surface area contributed by atoms with Crippen LogP contribution in [0.5, 0.6) is 0 Å². The predicted octanol–water partition coefficient (Wildman–Crippen LogP) is 3.83. The number of hydrogen-bond acceptors (Lipinski definition) is 5. The first-order valence-corrected chi connectivity index (χ1v) is 7.98. The lowest BCUT2D eigenvalue weighted by molar-refractivity contribution is -0.0159. The Morgan fingerprint density at radius 3 is 2.74 bits per heavy atom. The van der Waals surface area contributed by atoms with Crippen LogP contribution in [-0.4, -0.2) is 32.1 Å². The second kappa shape index (κ2) is 5.13. The predicted molar refractivity (Wildman–Crippen MR) is 88.9 cm³/mol. The maximum atomic E-state index is 5.55. The SMILES string of the molecule is CC(C)(C)N1CCC1c1nc(-c2nccc3ccccc23)no1. The molecule has 1 unspecified atom stereocenters. The molecule has 23 heavy (non-hydrogen) atoms. The zero-order chi connectivity index (χ0) is 16.0. The van der Waals surface area contributed by atoms with Gasteiger partial charge in [0, 0.05) is 23.7 Å². The summed E-state index contributed by atoms with van der Waals surface area (Å²) in [7, 11) is 0. The average Bonchev–Trinajstić information content (AvgIpc) is 2.92. The van der Waals surface area contributed by atoms with Crippen molar-refractivity contribution >= 4 is 10.8 Å². The van der Waals surface area contributed by atoms with Gasteiger partial charge in [-0.2, -0.15) is 4.98 Å². The van der Waals surface area contributed by atoms with Crippen molar-refractivity contribution in [2.45, 2.75) is 38.8 Å². The van der Waals surface area contributed by atoms with Crippen molar-refractivity contribution in [3.63, 3.8) is 0 Å². The molecule has 118 valence electrons. The molecular formula is C18H20N4O. The molecule has 0 saturated carbocycles. The minimum Gasteiger partial charge on any atom is -0.337 e. The Morgan fingerprint density at radius 2 is 2.00 bits per heavy atom. The maximum Gasteiger partial charge on any atom is 0.244 e. The fourth-order valence-electron chi connectivity index (χ4n) is 3.21. The molecule has 5 nitrogen and oxygen atoms in total. The van der Waals surface area contributed by atoms with Gasteiger partial charge < -0.3 is 4.52 Å². The van der Waals surface area contributed by atoms with Crippen molar-refractivity contribution in [2.24, 2.45) is 0 Å². The van der Waals surface area contributed by atoms with Crippen LogP contribution in [0.15, 0.2) is 41.1 Å². The summed E-state index contributed by atoms with van der Waals surface area (Å²) < 4.78 is 5.55. The fraction of sp³-hybridized carbons (Fsp3) is 0.389. The third kappa shape index (κ3) is 2.41. The summed E-state index contributed by atoms with van der Waals surface area (Å²) in [5.41, 5.74) is 0.884. The number of likely N-dealkylation sites (tertiary alicyclic amines) is 1. The highest BCUT2D eigenvalue weighted by Crippen LogP contribution is 2.38. The molecule has 1 aliphatic rings. The number of nitrogens with zero attached hydrogens (tertiary/aromatic N) is 4. The largest absolute Gasteiger partial charge is 0.337 e. The molecule has 2 aromatic heterocycles. The van der Waals surface area contributed by atoms with Crippen LogP contribution >= 0.6 is 0 Å². The Labute approximate surface area is 135 Å². The minimum absolute atomic E-state index is 0.106. The molecule has 1 saturated heterocycles. The van der Waals surface area contributed by atoms with E-state index in [-0.39, 0.29) is 11.6 Å². The first kappa shape index (κ1) is 14.3. The van der Waals surface area contributed by atoms with Crippen LogP contribution in [0.4, 0.5) is 0 Å². The van der Waals surface area contributed by atoms with Gasteiger partial charge in [0.15, 0.2) is 0 Å². The van der Waals surface area contributed by atoms with Gasteiger partial charge >= 0.3 is 0 Å². The lowest BCUT2D eigenvalue weighted by Crippen LogP contribution is -2.52. The fourth-order valence-corrected chi connectivity index (χ4v) is 3.21. The molecule has 0 amide bonds. The van der Waals surface area contributed by atoms with Crippen LogP contribution in [0.2, 0.25) is 0 Å². The summed E-state index contributed by atoms with van der Waals surface area (Å²) >= 11 is 0. The molecule has 0 radical (unpaired) electrons. The lowest BCUT2D eigenvalue weighted by atomic mass is 9.93. The van der Waals surface area contributed by atoms with Gasteiger partial charge in [-0.05, 0) is 38.6 Å². The molecule has 0 N–H and O–H groups in total. The summed E-state index contributed by atoms with van der Waals surface area (Å²) in [6.45, 7) is 7.70. The van der Waals surface area contributed by atoms with E-state index >= 15 is 0 Å². The van der Waals surface area contributed by atoms with Crippen molar-refractivity contribution in [1.29, 1.82) is 0 Å². The molecule has 0 aliphatic carbocycles. The van der Waals surface area contributed by atoms with Crippen molar-refractivity contribution in [2.75, 3.05) is 6.54 Å². The van der Waals surface area contributed by atoms with Gasteiger partial charge in [0.05, 0.1) is 6.04 Å². The van der Waals surface area contributed by atoms with Crippen molar-refractivity contribution in [3.8, 4) is 11.5 Å². The van der Waals surface area contributed by atoms with Gasteiger partial charge in [0.25, 0.3) is 0 Å². The third-order valence-corrected chi connectivity index (χ3v) is 4.49. The van der Waals surface area contributed by atoms with E-state index in [0.717, 1.165) is 29.4 Å². The Balaban J connectivity index is 1.71. The molecular weight excluding hydrogens is 288 g/mol. The van der Waals surface area contributed by atoms with Crippen LogP contribution in [-0.2, 0) is 0 Å². The monoisotopic (exact) mass is 308 g/mol. The van der Waals surface area contributed by atoms with E-state index in [1.807, 2.05) is 24.3 Å². The van der Waals surface area contributed by atoms with Gasteiger partial charge in [0.1, 0.15) is 5.69 Å². The molecule has 0 spiro atoms. The van der Waals surface area contributed by atoms with E-state index in [4.69, 9.17) is 4.52 Å². The standard InChI is InChI=1S/C18H20N4O/c1-18(2,3)22-11-9-14(22)17-20-16(21-23-17)15-13-7-5-4-6-12(13)8-10-19-15/h4-8,10,14H,9,11H2,1-3H3. The van der Waals surface area contributed by atoms with Crippen LogP contribution in [0, 0.1) is 0 Å². The summed E-state index contributed by atoms with van der Waals surface area (Å²) in [5.74, 6) is 1.26. The van der Waals surface area contributed by atoms with E-state index in [1.54, 1.807) is 6.20 Å². The van der Waals surface area contributed by atoms with Crippen LogP contribution in [0.3, 0.4) is 0 Å². The van der Waals surface area contributed by atoms with Gasteiger partial charge in [-0.3, -0.25) is 9.88 Å². The number of rotatable bonds is 2. The Hall–Kier alpha value is -2.27. The molecule has 4 rings (SSSR count). The van der Waals surface area contributed by atoms with Crippen molar-refractivity contribution in [1.82, 2.24) is 20.0 Å². The Morgan fingerprint density at radius 1 is 1.17 bits per heavy atom. The van der Waals surface area contributed by atoms with Crippen molar-refractivity contribution < 1.29 is 4.52 Å². The minimum atomic E-state index is 0.106. The smallest absolute Gasteiger partial charge is 0.244 e. The number of hydrogen-bond donors (Lipinski definition) is 0. The molecule has 3 heterocycles. The van der Waals surface area contributed by atoms with Gasteiger partial charge in [-0.15, -0.1) is 0 Å². The topological polar surface area (TPSA) is 55.1 Å². The zero-order valence-corrected chi connectivity index (χ0v) is 13.7. The maximum absolute atomic E-state index is 5.55. The molecule has 1 aliphatic heterocycles. The normalized spacial score (nSPS) is 19.0. The highest BCUT2D eigenvalue weighted by atomic mass is 16.5.